The Morgan fingerprint density at radius 2 is 2.16 bits per heavy atom. The average molecular weight is 257 g/mol. The van der Waals surface area contributed by atoms with Crippen LogP contribution in [-0.2, 0) is 6.54 Å². The first kappa shape index (κ1) is 12.5. The fourth-order valence-electron chi connectivity index (χ4n) is 3.19. The van der Waals surface area contributed by atoms with E-state index >= 15 is 0 Å². The first-order chi connectivity index (χ1) is 9.24. The lowest BCUT2D eigenvalue weighted by atomic mass is 10.0. The SMILES string of the molecule is CN1CCCCC1CCn1ccc2ccc(N)cc21. The van der Waals surface area contributed by atoms with Gasteiger partial charge in [0.1, 0.15) is 0 Å². The normalized spacial score (nSPS) is 21.0. The summed E-state index contributed by atoms with van der Waals surface area (Å²) in [7, 11) is 2.26. The zero-order valence-electron chi connectivity index (χ0n) is 11.7. The molecule has 1 saturated heterocycles. The molecule has 1 atom stereocenters. The van der Waals surface area contributed by atoms with Crippen molar-refractivity contribution in [2.75, 3.05) is 19.3 Å². The number of aryl methyl sites for hydroxylation is 1. The summed E-state index contributed by atoms with van der Waals surface area (Å²) < 4.78 is 2.34. The van der Waals surface area contributed by atoms with Gasteiger partial charge in [0.2, 0.25) is 0 Å². The van der Waals surface area contributed by atoms with Crippen LogP contribution < -0.4 is 5.73 Å². The van der Waals surface area contributed by atoms with Crippen LogP contribution in [0.3, 0.4) is 0 Å². The van der Waals surface area contributed by atoms with Gasteiger partial charge >= 0.3 is 0 Å². The Labute approximate surface area is 115 Å². The van der Waals surface area contributed by atoms with Gasteiger partial charge in [0, 0.05) is 24.5 Å². The molecule has 19 heavy (non-hydrogen) atoms. The quantitative estimate of drug-likeness (QED) is 0.857. The number of hydrogen-bond donors (Lipinski definition) is 1. The van der Waals surface area contributed by atoms with E-state index in [0.29, 0.717) is 0 Å². The molecule has 1 aliphatic heterocycles. The van der Waals surface area contributed by atoms with E-state index in [0.717, 1.165) is 18.3 Å². The minimum Gasteiger partial charge on any atom is -0.399 e. The van der Waals surface area contributed by atoms with Gasteiger partial charge in [0.05, 0.1) is 5.52 Å². The van der Waals surface area contributed by atoms with Gasteiger partial charge in [-0.2, -0.15) is 0 Å². The first-order valence-electron chi connectivity index (χ1n) is 7.28. The van der Waals surface area contributed by atoms with Crippen molar-refractivity contribution in [1.29, 1.82) is 0 Å². The smallest absolute Gasteiger partial charge is 0.0500 e. The Bertz CT molecular complexity index is 558. The predicted molar refractivity (Wildman–Crippen MR) is 81.2 cm³/mol. The Morgan fingerprint density at radius 3 is 3.00 bits per heavy atom. The summed E-state index contributed by atoms with van der Waals surface area (Å²) in [6, 6.07) is 9.08. The highest BCUT2D eigenvalue weighted by Gasteiger charge is 2.18. The molecule has 3 heteroatoms. The Morgan fingerprint density at radius 1 is 1.26 bits per heavy atom. The molecule has 1 unspecified atom stereocenters. The maximum absolute atomic E-state index is 5.89. The molecule has 0 amide bonds. The maximum Gasteiger partial charge on any atom is 0.0500 e. The lowest BCUT2D eigenvalue weighted by Gasteiger charge is -2.32. The van der Waals surface area contributed by atoms with E-state index in [1.54, 1.807) is 0 Å². The van der Waals surface area contributed by atoms with Crippen LogP contribution in [0.5, 0.6) is 0 Å². The molecule has 3 rings (SSSR count). The summed E-state index contributed by atoms with van der Waals surface area (Å²) in [4.78, 5) is 2.52. The number of piperidine rings is 1. The minimum atomic E-state index is 0.743. The topological polar surface area (TPSA) is 34.2 Å². The van der Waals surface area contributed by atoms with Crippen LogP contribution in [0, 0.1) is 0 Å². The van der Waals surface area contributed by atoms with Crippen LogP contribution in [0.2, 0.25) is 0 Å². The number of nitrogens with two attached hydrogens (primary N) is 1. The Balaban J connectivity index is 1.72. The molecule has 1 fully saturated rings. The van der Waals surface area contributed by atoms with E-state index in [1.807, 2.05) is 6.07 Å². The molecule has 0 bridgehead atoms. The molecular weight excluding hydrogens is 234 g/mol. The summed E-state index contributed by atoms with van der Waals surface area (Å²) in [5.74, 6) is 0. The molecule has 1 aromatic heterocycles. The molecular formula is C16H23N3. The second-order valence-electron chi connectivity index (χ2n) is 5.75. The lowest BCUT2D eigenvalue weighted by molar-refractivity contribution is 0.171. The van der Waals surface area contributed by atoms with Crippen molar-refractivity contribution in [3.8, 4) is 0 Å². The first-order valence-corrected chi connectivity index (χ1v) is 7.28. The van der Waals surface area contributed by atoms with Crippen LogP contribution in [-0.4, -0.2) is 29.1 Å². The molecule has 0 aliphatic carbocycles. The summed E-state index contributed by atoms with van der Waals surface area (Å²) in [6.07, 6.45) is 7.50. The summed E-state index contributed by atoms with van der Waals surface area (Å²) in [5, 5.41) is 1.28. The van der Waals surface area contributed by atoms with E-state index in [2.05, 4.69) is 40.9 Å². The largest absolute Gasteiger partial charge is 0.399 e. The van der Waals surface area contributed by atoms with E-state index in [-0.39, 0.29) is 0 Å². The second kappa shape index (κ2) is 5.25. The van der Waals surface area contributed by atoms with E-state index in [9.17, 15) is 0 Å². The van der Waals surface area contributed by atoms with Crippen molar-refractivity contribution in [2.24, 2.45) is 0 Å². The van der Waals surface area contributed by atoms with E-state index in [1.165, 1.54) is 43.1 Å². The molecule has 0 saturated carbocycles. The molecule has 3 nitrogen and oxygen atoms in total. The highest BCUT2D eigenvalue weighted by molar-refractivity contribution is 5.83. The fraction of sp³-hybridized carbons (Fsp3) is 0.500. The monoisotopic (exact) mass is 257 g/mol. The van der Waals surface area contributed by atoms with E-state index in [4.69, 9.17) is 5.73 Å². The summed E-state index contributed by atoms with van der Waals surface area (Å²) in [5.41, 5.74) is 8.00. The number of rotatable bonds is 3. The third-order valence-electron chi connectivity index (χ3n) is 4.42. The number of benzene rings is 1. The molecule has 102 valence electrons. The number of aromatic nitrogens is 1. The summed E-state index contributed by atoms with van der Waals surface area (Å²) >= 11 is 0. The number of nitrogen functional groups attached to an aromatic ring is 1. The fourth-order valence-corrected chi connectivity index (χ4v) is 3.19. The standard InChI is InChI=1S/C16H23N3/c1-18-9-3-2-4-15(18)8-11-19-10-7-13-5-6-14(17)12-16(13)19/h5-7,10,12,15H,2-4,8-9,11,17H2,1H3. The number of nitrogens with zero attached hydrogens (tertiary/aromatic N) is 2. The number of anilines is 1. The number of hydrogen-bond acceptors (Lipinski definition) is 2. The zero-order chi connectivity index (χ0) is 13.2. The highest BCUT2D eigenvalue weighted by Crippen LogP contribution is 2.22. The van der Waals surface area contributed by atoms with Gasteiger partial charge in [-0.15, -0.1) is 0 Å². The van der Waals surface area contributed by atoms with Crippen LogP contribution in [0.1, 0.15) is 25.7 Å². The molecule has 2 N–H and O–H groups in total. The number of likely N-dealkylation sites (tertiary alicyclic amines) is 1. The molecule has 0 radical (unpaired) electrons. The molecule has 1 aliphatic rings. The van der Waals surface area contributed by atoms with Gasteiger partial charge in [-0.05, 0) is 56.4 Å². The van der Waals surface area contributed by atoms with Gasteiger partial charge in [-0.25, -0.2) is 0 Å². The molecule has 2 heterocycles. The Hall–Kier alpha value is -1.48. The van der Waals surface area contributed by atoms with Crippen molar-refractivity contribution in [3.05, 3.63) is 30.5 Å². The van der Waals surface area contributed by atoms with Gasteiger partial charge in [0.15, 0.2) is 0 Å². The van der Waals surface area contributed by atoms with Gasteiger partial charge in [0.25, 0.3) is 0 Å². The van der Waals surface area contributed by atoms with Crippen molar-refractivity contribution in [3.63, 3.8) is 0 Å². The van der Waals surface area contributed by atoms with Crippen LogP contribution in [0.25, 0.3) is 10.9 Å². The van der Waals surface area contributed by atoms with Crippen molar-refractivity contribution in [2.45, 2.75) is 38.3 Å². The minimum absolute atomic E-state index is 0.743. The highest BCUT2D eigenvalue weighted by atomic mass is 15.1. The van der Waals surface area contributed by atoms with Crippen molar-refractivity contribution >= 4 is 16.6 Å². The van der Waals surface area contributed by atoms with Gasteiger partial charge < -0.3 is 15.2 Å². The summed E-state index contributed by atoms with van der Waals surface area (Å²) in [6.45, 7) is 2.34. The zero-order valence-corrected chi connectivity index (χ0v) is 11.7. The van der Waals surface area contributed by atoms with Gasteiger partial charge in [-0.3, -0.25) is 0 Å². The third-order valence-corrected chi connectivity index (χ3v) is 4.42. The number of fused-ring (bicyclic) bond motifs is 1. The average Bonchev–Trinajstić information content (AvgIpc) is 2.80. The van der Waals surface area contributed by atoms with Crippen LogP contribution in [0.15, 0.2) is 30.5 Å². The van der Waals surface area contributed by atoms with Crippen molar-refractivity contribution in [1.82, 2.24) is 9.47 Å². The molecule has 2 aromatic rings. The predicted octanol–water partition coefficient (Wildman–Crippen LogP) is 3.10. The third kappa shape index (κ3) is 2.61. The maximum atomic E-state index is 5.89. The van der Waals surface area contributed by atoms with Crippen LogP contribution >= 0.6 is 0 Å². The van der Waals surface area contributed by atoms with Crippen molar-refractivity contribution < 1.29 is 0 Å². The Kier molecular flexibility index (Phi) is 3.47. The van der Waals surface area contributed by atoms with E-state index < -0.39 is 0 Å². The van der Waals surface area contributed by atoms with Crippen LogP contribution in [0.4, 0.5) is 5.69 Å². The van der Waals surface area contributed by atoms with Gasteiger partial charge in [-0.1, -0.05) is 12.5 Å². The second-order valence-corrected chi connectivity index (χ2v) is 5.75. The molecule has 0 spiro atoms. The lowest BCUT2D eigenvalue weighted by Crippen LogP contribution is -2.36. The molecule has 1 aromatic carbocycles.